The van der Waals surface area contributed by atoms with E-state index in [1.165, 1.54) is 17.7 Å². The van der Waals surface area contributed by atoms with E-state index in [1.807, 2.05) is 6.08 Å². The number of allylic oxidation sites excluding steroid dienone is 2. The van der Waals surface area contributed by atoms with Crippen molar-refractivity contribution in [2.24, 2.45) is 10.9 Å². The minimum Gasteiger partial charge on any atom is -0.295 e. The summed E-state index contributed by atoms with van der Waals surface area (Å²) in [6.45, 7) is 3.18. The Morgan fingerprint density at radius 1 is 1.36 bits per heavy atom. The molecule has 1 aliphatic carbocycles. The highest BCUT2D eigenvalue weighted by Gasteiger charge is 2.18. The summed E-state index contributed by atoms with van der Waals surface area (Å²) in [4.78, 5) is 15.8. The second-order valence-corrected chi connectivity index (χ2v) is 4.42. The van der Waals surface area contributed by atoms with Crippen LogP contribution in [0, 0.1) is 5.92 Å². The number of carbonyl (C=O) groups excluding carboxylic acids is 1. The minimum absolute atomic E-state index is 0.285. The summed E-state index contributed by atoms with van der Waals surface area (Å²) in [5.41, 5.74) is 2.42. The molecule has 0 N–H and O–H groups in total. The molecule has 2 rings (SSSR count). The number of nitrogens with zero attached hydrogens (tertiary/aromatic N) is 1. The molecule has 2 nitrogen and oxygen atoms in total. The number of rotatable bonds is 1. The van der Waals surface area contributed by atoms with Gasteiger partial charge in [-0.2, -0.15) is 0 Å². The number of ketones is 1. The third kappa shape index (κ3) is 2.11. The molecule has 0 saturated heterocycles. The summed E-state index contributed by atoms with van der Waals surface area (Å²) in [6, 6.07) is 0. The zero-order chi connectivity index (χ0) is 9.97. The molecule has 0 fully saturated rings. The molecule has 0 amide bonds. The van der Waals surface area contributed by atoms with Crippen molar-refractivity contribution < 1.29 is 4.79 Å². The van der Waals surface area contributed by atoms with Crippen LogP contribution in [-0.2, 0) is 4.79 Å². The molecule has 14 heavy (non-hydrogen) atoms. The summed E-state index contributed by atoms with van der Waals surface area (Å²) in [7, 11) is 0. The van der Waals surface area contributed by atoms with Gasteiger partial charge in [-0.15, -0.1) is 0 Å². The zero-order valence-electron chi connectivity index (χ0n) is 8.75. The van der Waals surface area contributed by atoms with Gasteiger partial charge in [0, 0.05) is 18.7 Å². The minimum atomic E-state index is 0.285. The molecule has 76 valence electrons. The topological polar surface area (TPSA) is 29.4 Å². The molecule has 0 aromatic rings. The smallest absolute Gasteiger partial charge is 0.156 e. The van der Waals surface area contributed by atoms with Gasteiger partial charge in [0.15, 0.2) is 5.78 Å². The van der Waals surface area contributed by atoms with Gasteiger partial charge in [0.25, 0.3) is 0 Å². The van der Waals surface area contributed by atoms with Gasteiger partial charge >= 0.3 is 0 Å². The van der Waals surface area contributed by atoms with Crippen LogP contribution in [0.4, 0.5) is 0 Å². The number of carbonyl (C=O) groups is 1. The molecule has 0 saturated carbocycles. The van der Waals surface area contributed by atoms with E-state index < -0.39 is 0 Å². The summed E-state index contributed by atoms with van der Waals surface area (Å²) in [5.74, 6) is 1.01. The van der Waals surface area contributed by atoms with E-state index >= 15 is 0 Å². The summed E-state index contributed by atoms with van der Waals surface area (Å²) in [6.07, 6.45) is 6.91. The lowest BCUT2D eigenvalue weighted by molar-refractivity contribution is -0.115. The molecular formula is C12H17NO. The second-order valence-electron chi connectivity index (χ2n) is 4.42. The largest absolute Gasteiger partial charge is 0.295 e. The van der Waals surface area contributed by atoms with E-state index in [2.05, 4.69) is 11.9 Å². The Kier molecular flexibility index (Phi) is 2.80. The van der Waals surface area contributed by atoms with E-state index in [0.717, 1.165) is 38.1 Å². The van der Waals surface area contributed by atoms with Gasteiger partial charge in [0.1, 0.15) is 0 Å². The van der Waals surface area contributed by atoms with Gasteiger partial charge in [-0.05, 0) is 43.3 Å². The van der Waals surface area contributed by atoms with Crippen LogP contribution in [0.1, 0.15) is 39.0 Å². The fourth-order valence-electron chi connectivity index (χ4n) is 2.10. The highest BCUT2D eigenvalue weighted by Crippen LogP contribution is 2.23. The van der Waals surface area contributed by atoms with Crippen molar-refractivity contribution in [3.8, 4) is 0 Å². The van der Waals surface area contributed by atoms with E-state index in [1.54, 1.807) is 0 Å². The molecule has 1 atom stereocenters. The predicted molar refractivity (Wildman–Crippen MR) is 57.6 cm³/mol. The zero-order valence-corrected chi connectivity index (χ0v) is 8.75. The van der Waals surface area contributed by atoms with Gasteiger partial charge in [-0.1, -0.05) is 6.92 Å². The van der Waals surface area contributed by atoms with Crippen LogP contribution < -0.4 is 0 Å². The first-order valence-corrected chi connectivity index (χ1v) is 5.53. The highest BCUT2D eigenvalue weighted by atomic mass is 16.1. The van der Waals surface area contributed by atoms with Crippen molar-refractivity contribution in [1.29, 1.82) is 0 Å². The SMILES string of the molecule is CC1CCC(C2=CC(=O)CCC2)=NC1. The first-order chi connectivity index (χ1) is 6.75. The monoisotopic (exact) mass is 191 g/mol. The lowest BCUT2D eigenvalue weighted by atomic mass is 9.89. The van der Waals surface area contributed by atoms with Crippen molar-refractivity contribution in [3.05, 3.63) is 11.6 Å². The third-order valence-corrected chi connectivity index (χ3v) is 3.04. The van der Waals surface area contributed by atoms with E-state index in [4.69, 9.17) is 0 Å². The molecule has 1 unspecified atom stereocenters. The molecule has 1 heterocycles. The molecule has 0 bridgehead atoms. The van der Waals surface area contributed by atoms with E-state index in [9.17, 15) is 4.79 Å². The first-order valence-electron chi connectivity index (χ1n) is 5.53. The molecule has 0 radical (unpaired) electrons. The summed E-state index contributed by atoms with van der Waals surface area (Å²) < 4.78 is 0. The highest BCUT2D eigenvalue weighted by molar-refractivity contribution is 6.06. The average Bonchev–Trinajstić information content (AvgIpc) is 2.19. The lowest BCUT2D eigenvalue weighted by Gasteiger charge is -2.21. The average molecular weight is 191 g/mol. The van der Waals surface area contributed by atoms with Crippen molar-refractivity contribution in [3.63, 3.8) is 0 Å². The van der Waals surface area contributed by atoms with Gasteiger partial charge in [-0.25, -0.2) is 0 Å². The van der Waals surface area contributed by atoms with Crippen molar-refractivity contribution in [2.45, 2.75) is 39.0 Å². The van der Waals surface area contributed by atoms with E-state index in [0.29, 0.717) is 0 Å². The van der Waals surface area contributed by atoms with Crippen LogP contribution in [-0.4, -0.2) is 18.0 Å². The van der Waals surface area contributed by atoms with Crippen molar-refractivity contribution in [2.75, 3.05) is 6.54 Å². The number of hydrogen-bond donors (Lipinski definition) is 0. The number of hydrogen-bond acceptors (Lipinski definition) is 2. The Labute approximate surface area is 85.1 Å². The third-order valence-electron chi connectivity index (χ3n) is 3.04. The first kappa shape index (κ1) is 9.63. The number of aliphatic imine (C=N–C) groups is 1. The molecule has 1 aliphatic heterocycles. The molecule has 0 aromatic carbocycles. The Hall–Kier alpha value is -0.920. The van der Waals surface area contributed by atoms with Gasteiger partial charge < -0.3 is 0 Å². The second kappa shape index (κ2) is 4.07. The predicted octanol–water partition coefficient (Wildman–Crippen LogP) is 2.54. The van der Waals surface area contributed by atoms with Crippen molar-refractivity contribution >= 4 is 11.5 Å². The molecular weight excluding hydrogens is 174 g/mol. The summed E-state index contributed by atoms with van der Waals surface area (Å²) in [5, 5.41) is 0. The van der Waals surface area contributed by atoms with Gasteiger partial charge in [0.2, 0.25) is 0 Å². The maximum atomic E-state index is 11.2. The van der Waals surface area contributed by atoms with Gasteiger partial charge in [-0.3, -0.25) is 9.79 Å². The van der Waals surface area contributed by atoms with Crippen LogP contribution in [0.25, 0.3) is 0 Å². The lowest BCUT2D eigenvalue weighted by Crippen LogP contribution is -2.17. The van der Waals surface area contributed by atoms with Crippen LogP contribution in [0.2, 0.25) is 0 Å². The molecule has 0 spiro atoms. The van der Waals surface area contributed by atoms with E-state index in [-0.39, 0.29) is 5.78 Å². The maximum Gasteiger partial charge on any atom is 0.156 e. The van der Waals surface area contributed by atoms with Crippen LogP contribution in [0.15, 0.2) is 16.6 Å². The fraction of sp³-hybridized carbons (Fsp3) is 0.667. The normalized spacial score (nSPS) is 28.4. The molecule has 2 aliphatic rings. The quantitative estimate of drug-likeness (QED) is 0.626. The summed E-state index contributed by atoms with van der Waals surface area (Å²) >= 11 is 0. The van der Waals surface area contributed by atoms with Crippen LogP contribution in [0.5, 0.6) is 0 Å². The Morgan fingerprint density at radius 2 is 2.21 bits per heavy atom. The Morgan fingerprint density at radius 3 is 2.86 bits per heavy atom. The van der Waals surface area contributed by atoms with Crippen molar-refractivity contribution in [1.82, 2.24) is 0 Å². The molecule has 0 aromatic heterocycles. The Balaban J connectivity index is 2.11. The molecule has 2 heteroatoms. The fourth-order valence-corrected chi connectivity index (χ4v) is 2.10. The maximum absolute atomic E-state index is 11.2. The van der Waals surface area contributed by atoms with Crippen LogP contribution in [0.3, 0.4) is 0 Å². The Bertz CT molecular complexity index is 301. The standard InChI is InChI=1S/C12H17NO/c1-9-5-6-12(13-8-9)10-3-2-4-11(14)7-10/h7,9H,2-6,8H2,1H3. The van der Waals surface area contributed by atoms with Gasteiger partial charge in [0.05, 0.1) is 0 Å². The van der Waals surface area contributed by atoms with Crippen LogP contribution >= 0.6 is 0 Å².